The number of ether oxygens (including phenoxy) is 3. The second-order valence-corrected chi connectivity index (χ2v) is 8.32. The Balaban J connectivity index is 0.00000338. The van der Waals surface area contributed by atoms with E-state index in [9.17, 15) is 0 Å². The number of rotatable bonds is 12. The van der Waals surface area contributed by atoms with Crippen LogP contribution in [0.25, 0.3) is 0 Å². The predicted octanol–water partition coefficient (Wildman–Crippen LogP) is 1.87. The van der Waals surface area contributed by atoms with E-state index in [1.807, 2.05) is 0 Å². The van der Waals surface area contributed by atoms with E-state index in [-0.39, 0.29) is 36.1 Å². The molecule has 2 rings (SSSR count). The highest BCUT2D eigenvalue weighted by Gasteiger charge is 2.41. The third-order valence-electron chi connectivity index (χ3n) is 5.97. The molecule has 2 aliphatic heterocycles. The molecule has 2 heterocycles. The lowest BCUT2D eigenvalue weighted by molar-refractivity contribution is -0.914. The maximum absolute atomic E-state index is 6.24. The van der Waals surface area contributed by atoms with Crippen LogP contribution in [0.2, 0.25) is 0 Å². The summed E-state index contributed by atoms with van der Waals surface area (Å²) in [5.41, 5.74) is 0. The van der Waals surface area contributed by atoms with Gasteiger partial charge in [0.1, 0.15) is 0 Å². The molecule has 0 amide bonds. The predicted molar refractivity (Wildman–Crippen MR) is 102 cm³/mol. The molecule has 156 valence electrons. The van der Waals surface area contributed by atoms with Crippen molar-refractivity contribution in [1.29, 1.82) is 0 Å². The van der Waals surface area contributed by atoms with Crippen molar-refractivity contribution < 1.29 is 42.7 Å². The quantitative estimate of drug-likeness (QED) is 0.241. The largest absolute Gasteiger partial charge is 1.00 e. The Kier molecular flexibility index (Phi) is 12.2. The molecule has 0 radical (unpaired) electrons. The van der Waals surface area contributed by atoms with Gasteiger partial charge in [-0.1, -0.05) is 26.2 Å². The molecule has 4 nitrogen and oxygen atoms in total. The molecule has 0 N–H and O–H groups in total. The SMILES string of the molecule is CCCCCCC1(OCC)CCC(OCCC[N+]2(C)CCCCC2)O1.[I-]. The Hall–Kier alpha value is 0.570. The molecule has 26 heavy (non-hydrogen) atoms. The summed E-state index contributed by atoms with van der Waals surface area (Å²) in [6, 6.07) is 0. The van der Waals surface area contributed by atoms with E-state index in [1.54, 1.807) is 0 Å². The Labute approximate surface area is 178 Å². The van der Waals surface area contributed by atoms with Crippen LogP contribution in [0.5, 0.6) is 0 Å². The van der Waals surface area contributed by atoms with Crippen LogP contribution in [0, 0.1) is 0 Å². The Morgan fingerprint density at radius 3 is 2.50 bits per heavy atom. The van der Waals surface area contributed by atoms with Gasteiger partial charge in [0.15, 0.2) is 12.1 Å². The third-order valence-corrected chi connectivity index (χ3v) is 5.97. The summed E-state index contributed by atoms with van der Waals surface area (Å²) in [4.78, 5) is 0. The minimum atomic E-state index is -0.376. The fourth-order valence-corrected chi connectivity index (χ4v) is 4.42. The van der Waals surface area contributed by atoms with Gasteiger partial charge >= 0.3 is 0 Å². The number of quaternary nitrogens is 1. The highest BCUT2D eigenvalue weighted by molar-refractivity contribution is 4.78. The van der Waals surface area contributed by atoms with Crippen LogP contribution >= 0.6 is 0 Å². The molecule has 0 aromatic rings. The molecule has 0 saturated carbocycles. The zero-order valence-corrected chi connectivity index (χ0v) is 19.6. The van der Waals surface area contributed by atoms with Crippen LogP contribution in [0.3, 0.4) is 0 Å². The van der Waals surface area contributed by atoms with Crippen molar-refractivity contribution in [2.24, 2.45) is 0 Å². The van der Waals surface area contributed by atoms with Crippen molar-refractivity contribution in [3.8, 4) is 0 Å². The lowest BCUT2D eigenvalue weighted by atomic mass is 10.0. The summed E-state index contributed by atoms with van der Waals surface area (Å²) in [5.74, 6) is -0.376. The van der Waals surface area contributed by atoms with Gasteiger partial charge in [0.2, 0.25) is 0 Å². The van der Waals surface area contributed by atoms with E-state index in [2.05, 4.69) is 20.9 Å². The van der Waals surface area contributed by atoms with Crippen molar-refractivity contribution in [3.05, 3.63) is 0 Å². The first-order valence-electron chi connectivity index (χ1n) is 10.9. The van der Waals surface area contributed by atoms with Crippen molar-refractivity contribution in [2.45, 2.75) is 96.6 Å². The standard InChI is InChI=1S/C21H42NO3.HI/c1-4-6-7-9-14-21(24-5-2)15-13-20(25-21)23-19-12-18-22(3)16-10-8-11-17-22;/h20H,4-19H2,1-3H3;1H/q+1;/p-1. The fourth-order valence-electron chi connectivity index (χ4n) is 4.42. The molecule has 0 bridgehead atoms. The highest BCUT2D eigenvalue weighted by Crippen LogP contribution is 2.36. The summed E-state index contributed by atoms with van der Waals surface area (Å²) in [6.45, 7) is 9.76. The van der Waals surface area contributed by atoms with E-state index in [0.717, 1.165) is 38.9 Å². The second kappa shape index (κ2) is 12.9. The normalized spacial score (nSPS) is 28.0. The topological polar surface area (TPSA) is 27.7 Å². The lowest BCUT2D eigenvalue weighted by Gasteiger charge is -2.37. The van der Waals surface area contributed by atoms with Gasteiger partial charge in [0, 0.05) is 32.3 Å². The summed E-state index contributed by atoms with van der Waals surface area (Å²) in [5, 5.41) is 0. The zero-order valence-electron chi connectivity index (χ0n) is 17.4. The van der Waals surface area contributed by atoms with Gasteiger partial charge in [-0.15, -0.1) is 0 Å². The first-order chi connectivity index (χ1) is 12.1. The molecular weight excluding hydrogens is 441 g/mol. The smallest absolute Gasteiger partial charge is 0.171 e. The summed E-state index contributed by atoms with van der Waals surface area (Å²) >= 11 is 0. The van der Waals surface area contributed by atoms with Crippen molar-refractivity contribution in [2.75, 3.05) is 39.9 Å². The van der Waals surface area contributed by atoms with E-state index >= 15 is 0 Å². The first kappa shape index (κ1) is 24.6. The second-order valence-electron chi connectivity index (χ2n) is 8.32. The molecule has 2 aliphatic rings. The number of unbranched alkanes of at least 4 members (excludes halogenated alkanes) is 3. The Morgan fingerprint density at radius 2 is 1.81 bits per heavy atom. The van der Waals surface area contributed by atoms with E-state index in [1.165, 1.54) is 69.1 Å². The molecule has 2 unspecified atom stereocenters. The van der Waals surface area contributed by atoms with Crippen LogP contribution in [-0.4, -0.2) is 56.5 Å². The van der Waals surface area contributed by atoms with E-state index in [4.69, 9.17) is 14.2 Å². The molecule has 2 saturated heterocycles. The van der Waals surface area contributed by atoms with Crippen LogP contribution < -0.4 is 24.0 Å². The zero-order chi connectivity index (χ0) is 18.0. The monoisotopic (exact) mass is 483 g/mol. The summed E-state index contributed by atoms with van der Waals surface area (Å²) < 4.78 is 19.5. The van der Waals surface area contributed by atoms with Crippen molar-refractivity contribution in [1.82, 2.24) is 0 Å². The number of halogens is 1. The third kappa shape index (κ3) is 8.29. The molecule has 0 aromatic carbocycles. The molecule has 0 aliphatic carbocycles. The van der Waals surface area contributed by atoms with E-state index in [0.29, 0.717) is 0 Å². The van der Waals surface area contributed by atoms with Gasteiger partial charge < -0.3 is 42.7 Å². The summed E-state index contributed by atoms with van der Waals surface area (Å²) in [6.07, 6.45) is 13.3. The Morgan fingerprint density at radius 1 is 1.04 bits per heavy atom. The van der Waals surface area contributed by atoms with Crippen LogP contribution in [0.4, 0.5) is 0 Å². The number of piperidine rings is 1. The van der Waals surface area contributed by atoms with E-state index < -0.39 is 0 Å². The Bertz CT molecular complexity index is 363. The molecule has 0 aromatic heterocycles. The van der Waals surface area contributed by atoms with Gasteiger partial charge in [-0.3, -0.25) is 0 Å². The number of likely N-dealkylation sites (tertiary alicyclic amines) is 1. The van der Waals surface area contributed by atoms with Gasteiger partial charge in [0.25, 0.3) is 0 Å². The average Bonchev–Trinajstić information content (AvgIpc) is 3.00. The van der Waals surface area contributed by atoms with Crippen LogP contribution in [-0.2, 0) is 14.2 Å². The highest BCUT2D eigenvalue weighted by atomic mass is 127. The van der Waals surface area contributed by atoms with Crippen molar-refractivity contribution >= 4 is 0 Å². The van der Waals surface area contributed by atoms with Crippen LogP contribution in [0.1, 0.15) is 84.5 Å². The minimum absolute atomic E-state index is 0. The van der Waals surface area contributed by atoms with Gasteiger partial charge in [-0.05, 0) is 32.6 Å². The minimum Gasteiger partial charge on any atom is -1.00 e. The van der Waals surface area contributed by atoms with Gasteiger partial charge in [-0.25, -0.2) is 0 Å². The fraction of sp³-hybridized carbons (Fsp3) is 1.00. The number of hydrogen-bond donors (Lipinski definition) is 0. The number of nitrogens with zero attached hydrogens (tertiary/aromatic N) is 1. The maximum atomic E-state index is 6.24. The van der Waals surface area contributed by atoms with Gasteiger partial charge in [-0.2, -0.15) is 0 Å². The molecule has 2 fully saturated rings. The molecular formula is C21H42INO3. The molecule has 2 atom stereocenters. The molecule has 0 spiro atoms. The maximum Gasteiger partial charge on any atom is 0.171 e. The number of hydrogen-bond acceptors (Lipinski definition) is 3. The summed E-state index contributed by atoms with van der Waals surface area (Å²) in [7, 11) is 2.40. The van der Waals surface area contributed by atoms with Gasteiger partial charge in [0.05, 0.1) is 33.3 Å². The molecule has 5 heteroatoms. The first-order valence-corrected chi connectivity index (χ1v) is 10.9. The average molecular weight is 483 g/mol. The lowest BCUT2D eigenvalue weighted by Crippen LogP contribution is -3.00. The van der Waals surface area contributed by atoms with Crippen molar-refractivity contribution in [3.63, 3.8) is 0 Å². The van der Waals surface area contributed by atoms with Crippen LogP contribution in [0.15, 0.2) is 0 Å².